The molecule has 0 amide bonds. The first-order valence-corrected chi connectivity index (χ1v) is 4.86. The second kappa shape index (κ2) is 3.32. The van der Waals surface area contributed by atoms with Crippen LogP contribution in [-0.4, -0.2) is 11.5 Å². The SMILES string of the molecule is CC1(CNc2nc(N)c(F)cc2F)CC1. The molecule has 82 valence electrons. The van der Waals surface area contributed by atoms with Crippen LogP contribution in [0.4, 0.5) is 20.4 Å². The predicted octanol–water partition coefficient (Wildman–Crippen LogP) is 2.15. The maximum Gasteiger partial charge on any atom is 0.168 e. The maximum atomic E-state index is 13.2. The molecule has 3 nitrogen and oxygen atoms in total. The molecule has 15 heavy (non-hydrogen) atoms. The van der Waals surface area contributed by atoms with Gasteiger partial charge in [-0.15, -0.1) is 0 Å². The van der Waals surface area contributed by atoms with Crippen molar-refractivity contribution in [2.24, 2.45) is 5.41 Å². The van der Waals surface area contributed by atoms with E-state index in [4.69, 9.17) is 5.73 Å². The summed E-state index contributed by atoms with van der Waals surface area (Å²) in [6.07, 6.45) is 2.25. The molecule has 0 aliphatic heterocycles. The Morgan fingerprint density at radius 3 is 2.73 bits per heavy atom. The Hall–Kier alpha value is -1.39. The van der Waals surface area contributed by atoms with E-state index in [2.05, 4.69) is 17.2 Å². The number of pyridine rings is 1. The Bertz CT molecular complexity index is 388. The van der Waals surface area contributed by atoms with Crippen molar-refractivity contribution in [2.75, 3.05) is 17.6 Å². The van der Waals surface area contributed by atoms with Crippen molar-refractivity contribution in [2.45, 2.75) is 19.8 Å². The van der Waals surface area contributed by atoms with E-state index in [0.717, 1.165) is 18.9 Å². The van der Waals surface area contributed by atoms with Crippen molar-refractivity contribution in [3.05, 3.63) is 17.7 Å². The highest BCUT2D eigenvalue weighted by Crippen LogP contribution is 2.44. The minimum atomic E-state index is -0.823. The third-order valence-corrected chi connectivity index (χ3v) is 2.74. The van der Waals surface area contributed by atoms with E-state index < -0.39 is 11.6 Å². The van der Waals surface area contributed by atoms with Crippen LogP contribution in [0, 0.1) is 17.0 Å². The summed E-state index contributed by atoms with van der Waals surface area (Å²) in [6, 6.07) is 0.750. The third kappa shape index (κ3) is 2.16. The van der Waals surface area contributed by atoms with Gasteiger partial charge >= 0.3 is 0 Å². The molecule has 0 spiro atoms. The molecule has 0 bridgehead atoms. The van der Waals surface area contributed by atoms with E-state index in [-0.39, 0.29) is 17.1 Å². The van der Waals surface area contributed by atoms with Gasteiger partial charge in [0.05, 0.1) is 0 Å². The molecular weight excluding hydrogens is 200 g/mol. The number of anilines is 2. The first-order chi connectivity index (χ1) is 7.00. The van der Waals surface area contributed by atoms with Crippen molar-refractivity contribution in [1.29, 1.82) is 0 Å². The van der Waals surface area contributed by atoms with E-state index in [1.807, 2.05) is 0 Å². The molecule has 1 heterocycles. The summed E-state index contributed by atoms with van der Waals surface area (Å²) in [4.78, 5) is 3.62. The molecule has 0 atom stereocenters. The molecule has 0 aromatic carbocycles. The summed E-state index contributed by atoms with van der Waals surface area (Å²) in [6.45, 7) is 2.74. The fourth-order valence-corrected chi connectivity index (χ4v) is 1.29. The van der Waals surface area contributed by atoms with Crippen LogP contribution in [0.2, 0.25) is 0 Å². The molecule has 0 radical (unpaired) electrons. The summed E-state index contributed by atoms with van der Waals surface area (Å²) < 4.78 is 26.0. The first-order valence-electron chi connectivity index (χ1n) is 4.86. The smallest absolute Gasteiger partial charge is 0.168 e. The molecule has 1 saturated carbocycles. The first kappa shape index (κ1) is 10.1. The molecule has 1 aromatic rings. The van der Waals surface area contributed by atoms with Crippen molar-refractivity contribution in [1.82, 2.24) is 4.98 Å². The molecule has 1 fully saturated rings. The number of nitrogens with one attached hydrogen (secondary N) is 1. The molecule has 1 aliphatic carbocycles. The van der Waals surface area contributed by atoms with Crippen LogP contribution >= 0.6 is 0 Å². The van der Waals surface area contributed by atoms with Gasteiger partial charge in [0.2, 0.25) is 0 Å². The van der Waals surface area contributed by atoms with Gasteiger partial charge in [-0.2, -0.15) is 0 Å². The lowest BCUT2D eigenvalue weighted by Gasteiger charge is -2.11. The summed E-state index contributed by atoms with van der Waals surface area (Å²) in [5.41, 5.74) is 5.49. The minimum Gasteiger partial charge on any atom is -0.381 e. The summed E-state index contributed by atoms with van der Waals surface area (Å²) >= 11 is 0. The highest BCUT2D eigenvalue weighted by Gasteiger charge is 2.37. The Balaban J connectivity index is 2.10. The van der Waals surface area contributed by atoms with Gasteiger partial charge in [-0.25, -0.2) is 13.8 Å². The molecule has 5 heteroatoms. The number of nitrogen functional groups attached to an aromatic ring is 1. The van der Waals surface area contributed by atoms with Crippen molar-refractivity contribution in [3.8, 4) is 0 Å². The van der Waals surface area contributed by atoms with Crippen LogP contribution in [0.15, 0.2) is 6.07 Å². The van der Waals surface area contributed by atoms with Gasteiger partial charge in [-0.3, -0.25) is 0 Å². The van der Waals surface area contributed by atoms with Gasteiger partial charge in [-0.1, -0.05) is 6.92 Å². The lowest BCUT2D eigenvalue weighted by molar-refractivity contribution is 0.570. The quantitative estimate of drug-likeness (QED) is 0.808. The van der Waals surface area contributed by atoms with Crippen molar-refractivity contribution in [3.63, 3.8) is 0 Å². The van der Waals surface area contributed by atoms with Crippen LogP contribution < -0.4 is 11.1 Å². The zero-order chi connectivity index (χ0) is 11.1. The fraction of sp³-hybridized carbons (Fsp3) is 0.500. The number of aromatic nitrogens is 1. The van der Waals surface area contributed by atoms with Gasteiger partial charge in [0.25, 0.3) is 0 Å². The normalized spacial score (nSPS) is 17.5. The minimum absolute atomic E-state index is 0.0297. The highest BCUT2D eigenvalue weighted by atomic mass is 19.1. The van der Waals surface area contributed by atoms with Crippen LogP contribution in [0.3, 0.4) is 0 Å². The molecule has 0 saturated heterocycles. The Morgan fingerprint density at radius 1 is 1.47 bits per heavy atom. The predicted molar refractivity (Wildman–Crippen MR) is 54.4 cm³/mol. The van der Waals surface area contributed by atoms with Crippen LogP contribution in [-0.2, 0) is 0 Å². The van der Waals surface area contributed by atoms with E-state index in [0.29, 0.717) is 6.54 Å². The molecular formula is C10H13F2N3. The average molecular weight is 213 g/mol. The number of nitrogens with two attached hydrogens (primary N) is 1. The van der Waals surface area contributed by atoms with Crippen LogP contribution in [0.1, 0.15) is 19.8 Å². The number of hydrogen-bond acceptors (Lipinski definition) is 3. The maximum absolute atomic E-state index is 13.2. The van der Waals surface area contributed by atoms with Gasteiger partial charge in [0.15, 0.2) is 23.3 Å². The van der Waals surface area contributed by atoms with E-state index in [1.54, 1.807) is 0 Å². The third-order valence-electron chi connectivity index (χ3n) is 2.74. The zero-order valence-electron chi connectivity index (χ0n) is 8.48. The van der Waals surface area contributed by atoms with Crippen molar-refractivity contribution < 1.29 is 8.78 Å². The summed E-state index contributed by atoms with van der Waals surface area (Å²) in [5.74, 6) is -1.77. The number of nitrogens with zero attached hydrogens (tertiary/aromatic N) is 1. The standard InChI is InChI=1S/C10H13F2N3/c1-10(2-3-10)5-14-9-7(12)4-6(11)8(13)15-9/h4H,2-3,5H2,1H3,(H3,13,14,15). The van der Waals surface area contributed by atoms with Crippen molar-refractivity contribution >= 4 is 11.6 Å². The second-order valence-corrected chi connectivity index (χ2v) is 4.35. The number of halogens is 2. The molecule has 2 rings (SSSR count). The number of rotatable bonds is 3. The Kier molecular flexibility index (Phi) is 2.25. The fourth-order valence-electron chi connectivity index (χ4n) is 1.29. The topological polar surface area (TPSA) is 50.9 Å². The van der Waals surface area contributed by atoms with E-state index in [9.17, 15) is 8.78 Å². The Labute approximate surface area is 86.7 Å². The molecule has 1 aromatic heterocycles. The largest absolute Gasteiger partial charge is 0.381 e. The van der Waals surface area contributed by atoms with Gasteiger partial charge < -0.3 is 11.1 Å². The van der Waals surface area contributed by atoms with Gasteiger partial charge in [0.1, 0.15) is 0 Å². The van der Waals surface area contributed by atoms with E-state index in [1.165, 1.54) is 0 Å². The second-order valence-electron chi connectivity index (χ2n) is 4.35. The summed E-state index contributed by atoms with van der Waals surface area (Å²) in [5, 5.41) is 2.85. The van der Waals surface area contributed by atoms with Crippen LogP contribution in [0.25, 0.3) is 0 Å². The zero-order valence-corrected chi connectivity index (χ0v) is 8.48. The number of hydrogen-bond donors (Lipinski definition) is 2. The van der Waals surface area contributed by atoms with Crippen LogP contribution in [0.5, 0.6) is 0 Å². The monoisotopic (exact) mass is 213 g/mol. The molecule has 3 N–H and O–H groups in total. The summed E-state index contributed by atoms with van der Waals surface area (Å²) in [7, 11) is 0. The van der Waals surface area contributed by atoms with Gasteiger partial charge in [-0.05, 0) is 18.3 Å². The lowest BCUT2D eigenvalue weighted by atomic mass is 10.1. The molecule has 0 unspecified atom stereocenters. The molecule has 1 aliphatic rings. The van der Waals surface area contributed by atoms with E-state index >= 15 is 0 Å². The Morgan fingerprint density at radius 2 is 2.13 bits per heavy atom. The lowest BCUT2D eigenvalue weighted by Crippen LogP contribution is -2.14. The van der Waals surface area contributed by atoms with Gasteiger partial charge in [0, 0.05) is 12.6 Å². The average Bonchev–Trinajstić information content (AvgIpc) is 2.89. The highest BCUT2D eigenvalue weighted by molar-refractivity contribution is 5.45.